The van der Waals surface area contributed by atoms with E-state index >= 15 is 0 Å². The van der Waals surface area contributed by atoms with E-state index in [9.17, 15) is 9.59 Å². The molecule has 0 fully saturated rings. The summed E-state index contributed by atoms with van der Waals surface area (Å²) in [5.74, 6) is 0.662. The number of thiocarbonyl (C=S) groups is 1. The van der Waals surface area contributed by atoms with Crippen LogP contribution >= 0.6 is 12.2 Å². The normalized spacial score (nSPS) is 10.9. The molecule has 2 rings (SSSR count). The Hall–Kier alpha value is -2.93. The summed E-state index contributed by atoms with van der Waals surface area (Å²) in [4.78, 5) is 25.9. The molecule has 0 saturated heterocycles. The topological polar surface area (TPSA) is 70.7 Å². The Morgan fingerprint density at radius 3 is 2.53 bits per heavy atom. The monoisotopic (exact) mass is 455 g/mol. The van der Waals surface area contributed by atoms with Crippen LogP contribution in [0, 0.1) is 19.3 Å². The zero-order valence-corrected chi connectivity index (χ0v) is 20.6. The lowest BCUT2D eigenvalue weighted by atomic mass is 9.87. The van der Waals surface area contributed by atoms with E-state index in [1.54, 1.807) is 13.1 Å². The fraction of sp³-hybridized carbons (Fsp3) is 0.400. The van der Waals surface area contributed by atoms with Gasteiger partial charge in [-0.3, -0.25) is 9.59 Å². The molecule has 0 aliphatic heterocycles. The molecule has 2 N–H and O–H groups in total. The number of nitrogens with zero attached hydrogens (tertiary/aromatic N) is 1. The smallest absolute Gasteiger partial charge is 0.231 e. The maximum Gasteiger partial charge on any atom is 0.231 e. The molecule has 2 aromatic rings. The summed E-state index contributed by atoms with van der Waals surface area (Å²) in [6.07, 6.45) is 1.40. The lowest BCUT2D eigenvalue weighted by Crippen LogP contribution is -2.42. The Morgan fingerprint density at radius 1 is 1.12 bits per heavy atom. The third-order valence-electron chi connectivity index (χ3n) is 5.35. The molecular weight excluding hydrogens is 422 g/mol. The van der Waals surface area contributed by atoms with Crippen molar-refractivity contribution in [2.75, 3.05) is 23.9 Å². The summed E-state index contributed by atoms with van der Waals surface area (Å²) >= 11 is 5.32. The first-order chi connectivity index (χ1) is 15.0. The number of anilines is 2. The second kappa shape index (κ2) is 11.1. The minimum Gasteiger partial charge on any atom is -0.493 e. The highest BCUT2D eigenvalue weighted by Gasteiger charge is 2.28. The number of hydrogen-bond donors (Lipinski definition) is 2. The minimum absolute atomic E-state index is 0.0682. The Morgan fingerprint density at radius 2 is 1.84 bits per heavy atom. The van der Waals surface area contributed by atoms with Gasteiger partial charge in [-0.25, -0.2) is 0 Å². The van der Waals surface area contributed by atoms with Crippen LogP contribution in [0.1, 0.15) is 44.7 Å². The SMILES string of the molecule is CC(=O)N(C)c1cccc(NC(=S)NC(=O)C(C)(C)CCCOc2cc(C)ccc2C)c1. The van der Waals surface area contributed by atoms with E-state index in [0.717, 1.165) is 29.0 Å². The quantitative estimate of drug-likeness (QED) is 0.434. The predicted molar refractivity (Wildman–Crippen MR) is 134 cm³/mol. The molecule has 0 aromatic heterocycles. The first kappa shape index (κ1) is 25.3. The summed E-state index contributed by atoms with van der Waals surface area (Å²) in [5, 5.41) is 6.01. The van der Waals surface area contributed by atoms with Crippen LogP contribution in [-0.4, -0.2) is 30.6 Å². The van der Waals surface area contributed by atoms with Crippen LogP contribution in [-0.2, 0) is 9.59 Å². The number of rotatable bonds is 8. The number of carbonyl (C=O) groups excluding carboxylic acids is 2. The van der Waals surface area contributed by atoms with Gasteiger partial charge in [-0.15, -0.1) is 0 Å². The molecule has 32 heavy (non-hydrogen) atoms. The number of hydrogen-bond acceptors (Lipinski definition) is 4. The average Bonchev–Trinajstić information content (AvgIpc) is 2.72. The minimum atomic E-state index is -0.604. The van der Waals surface area contributed by atoms with Crippen LogP contribution in [0.2, 0.25) is 0 Å². The lowest BCUT2D eigenvalue weighted by molar-refractivity contribution is -0.128. The summed E-state index contributed by atoms with van der Waals surface area (Å²) in [6, 6.07) is 13.4. The van der Waals surface area contributed by atoms with Gasteiger partial charge in [0.15, 0.2) is 5.11 Å². The summed E-state index contributed by atoms with van der Waals surface area (Å²) in [7, 11) is 1.70. The van der Waals surface area contributed by atoms with Crippen molar-refractivity contribution < 1.29 is 14.3 Å². The fourth-order valence-electron chi connectivity index (χ4n) is 3.08. The van der Waals surface area contributed by atoms with Gasteiger partial charge in [-0.1, -0.05) is 32.0 Å². The van der Waals surface area contributed by atoms with Crippen molar-refractivity contribution >= 4 is 40.5 Å². The molecule has 0 unspecified atom stereocenters. The Balaban J connectivity index is 1.85. The molecule has 6 nitrogen and oxygen atoms in total. The van der Waals surface area contributed by atoms with E-state index in [0.29, 0.717) is 18.7 Å². The number of amides is 2. The first-order valence-corrected chi connectivity index (χ1v) is 11.1. The van der Waals surface area contributed by atoms with Gasteiger partial charge < -0.3 is 20.3 Å². The molecule has 0 aliphatic rings. The van der Waals surface area contributed by atoms with Crippen molar-refractivity contribution in [3.05, 3.63) is 53.6 Å². The van der Waals surface area contributed by atoms with Gasteiger partial charge >= 0.3 is 0 Å². The van der Waals surface area contributed by atoms with Crippen LogP contribution in [0.25, 0.3) is 0 Å². The molecule has 0 aliphatic carbocycles. The van der Waals surface area contributed by atoms with Crippen molar-refractivity contribution in [2.24, 2.45) is 5.41 Å². The van der Waals surface area contributed by atoms with Crippen molar-refractivity contribution in [2.45, 2.75) is 47.5 Å². The summed E-state index contributed by atoms with van der Waals surface area (Å²) in [5.41, 5.74) is 3.08. The third kappa shape index (κ3) is 7.34. The summed E-state index contributed by atoms with van der Waals surface area (Å²) < 4.78 is 5.90. The highest BCUT2D eigenvalue weighted by Crippen LogP contribution is 2.24. The first-order valence-electron chi connectivity index (χ1n) is 10.7. The zero-order chi connectivity index (χ0) is 23.9. The standard InChI is InChI=1S/C25H33N3O3S/c1-17-11-12-18(2)22(15-17)31-14-8-13-25(4,5)23(30)27-24(32)26-20-9-7-10-21(16-20)28(6)19(3)29/h7,9-12,15-16H,8,13-14H2,1-6H3,(H2,26,27,30,32). The van der Waals surface area contributed by atoms with E-state index < -0.39 is 5.41 Å². The van der Waals surface area contributed by atoms with Gasteiger partial charge in [-0.2, -0.15) is 0 Å². The van der Waals surface area contributed by atoms with Gasteiger partial charge in [0.25, 0.3) is 0 Å². The maximum atomic E-state index is 12.8. The van der Waals surface area contributed by atoms with Crippen molar-refractivity contribution in [3.8, 4) is 5.75 Å². The zero-order valence-electron chi connectivity index (χ0n) is 19.7. The lowest BCUT2D eigenvalue weighted by Gasteiger charge is -2.24. The van der Waals surface area contributed by atoms with Crippen LogP contribution in [0.5, 0.6) is 5.75 Å². The van der Waals surface area contributed by atoms with Crippen LogP contribution in [0.4, 0.5) is 11.4 Å². The molecular formula is C25H33N3O3S. The molecule has 0 radical (unpaired) electrons. The highest BCUT2D eigenvalue weighted by atomic mass is 32.1. The van der Waals surface area contributed by atoms with E-state index in [2.05, 4.69) is 16.7 Å². The van der Waals surface area contributed by atoms with E-state index in [1.165, 1.54) is 11.8 Å². The number of nitrogens with one attached hydrogen (secondary N) is 2. The number of carbonyl (C=O) groups is 2. The van der Waals surface area contributed by atoms with Crippen LogP contribution < -0.4 is 20.3 Å². The molecule has 0 bridgehead atoms. The van der Waals surface area contributed by atoms with Crippen LogP contribution in [0.3, 0.4) is 0 Å². The van der Waals surface area contributed by atoms with Crippen molar-refractivity contribution in [1.82, 2.24) is 5.32 Å². The van der Waals surface area contributed by atoms with Gasteiger partial charge in [0, 0.05) is 30.8 Å². The van der Waals surface area contributed by atoms with Crippen molar-refractivity contribution in [1.29, 1.82) is 0 Å². The summed E-state index contributed by atoms with van der Waals surface area (Å²) in [6.45, 7) is 9.89. The van der Waals surface area contributed by atoms with E-state index in [1.807, 2.05) is 58.0 Å². The van der Waals surface area contributed by atoms with Gasteiger partial charge in [0.1, 0.15) is 5.75 Å². The van der Waals surface area contributed by atoms with Gasteiger partial charge in [-0.05, 0) is 74.3 Å². The molecule has 0 spiro atoms. The van der Waals surface area contributed by atoms with Gasteiger partial charge in [0.2, 0.25) is 11.8 Å². The maximum absolute atomic E-state index is 12.8. The molecule has 172 valence electrons. The Labute approximate surface area is 196 Å². The average molecular weight is 456 g/mol. The molecule has 0 atom stereocenters. The molecule has 0 saturated carbocycles. The second-order valence-electron chi connectivity index (χ2n) is 8.64. The number of aryl methyl sites for hydroxylation is 2. The van der Waals surface area contributed by atoms with E-state index in [-0.39, 0.29) is 16.9 Å². The Bertz CT molecular complexity index is 988. The fourth-order valence-corrected chi connectivity index (χ4v) is 3.29. The molecule has 2 aromatic carbocycles. The van der Waals surface area contributed by atoms with E-state index in [4.69, 9.17) is 17.0 Å². The van der Waals surface area contributed by atoms with Crippen LogP contribution in [0.15, 0.2) is 42.5 Å². The second-order valence-corrected chi connectivity index (χ2v) is 9.05. The Kier molecular flexibility index (Phi) is 8.78. The largest absolute Gasteiger partial charge is 0.493 e. The van der Waals surface area contributed by atoms with Crippen molar-refractivity contribution in [3.63, 3.8) is 0 Å². The predicted octanol–water partition coefficient (Wildman–Crippen LogP) is 4.98. The molecule has 7 heteroatoms. The molecule has 0 heterocycles. The third-order valence-corrected chi connectivity index (χ3v) is 5.56. The molecule has 2 amide bonds. The highest BCUT2D eigenvalue weighted by molar-refractivity contribution is 7.80. The number of ether oxygens (including phenoxy) is 1. The number of benzene rings is 2. The van der Waals surface area contributed by atoms with Gasteiger partial charge in [0.05, 0.1) is 6.61 Å².